The summed E-state index contributed by atoms with van der Waals surface area (Å²) in [6.45, 7) is 5.07. The largest absolute Gasteiger partial charge is 0.466 e. The Labute approximate surface area is 158 Å². The van der Waals surface area contributed by atoms with Gasteiger partial charge in [-0.3, -0.25) is 4.79 Å². The van der Waals surface area contributed by atoms with Crippen LogP contribution in [0.5, 0.6) is 0 Å². The van der Waals surface area contributed by atoms with Crippen LogP contribution in [-0.4, -0.2) is 40.2 Å². The van der Waals surface area contributed by atoms with Gasteiger partial charge in [0.15, 0.2) is 0 Å². The van der Waals surface area contributed by atoms with Crippen LogP contribution in [0.25, 0.3) is 0 Å². The Morgan fingerprint density at radius 3 is 2.28 bits per heavy atom. The highest BCUT2D eigenvalue weighted by Crippen LogP contribution is 2.31. The number of esters is 1. The number of nitrogens with zero attached hydrogens (tertiary/aromatic N) is 2. The van der Waals surface area contributed by atoms with Crippen molar-refractivity contribution in [1.29, 1.82) is 0 Å². The Hall–Kier alpha value is 2.63. The van der Waals surface area contributed by atoms with Crippen molar-refractivity contribution in [3.05, 3.63) is 0 Å². The molecule has 0 fully saturated rings. The van der Waals surface area contributed by atoms with Crippen molar-refractivity contribution in [2.75, 3.05) is 26.2 Å². The molecule has 108 valence electrons. The van der Waals surface area contributed by atoms with Crippen molar-refractivity contribution < 1.29 is 9.53 Å². The van der Waals surface area contributed by atoms with E-state index in [4.69, 9.17) is 4.74 Å². The minimum Gasteiger partial charge on any atom is -0.466 e. The summed E-state index contributed by atoms with van der Waals surface area (Å²) < 4.78 is 9.34. The van der Waals surface area contributed by atoms with Crippen LogP contribution in [0.3, 0.4) is 0 Å². The monoisotopic (exact) mass is 648 g/mol. The van der Waals surface area contributed by atoms with Gasteiger partial charge in [-0.25, -0.2) is 4.31 Å². The molecule has 0 aliphatic heterocycles. The molecule has 0 heterocycles. The lowest BCUT2D eigenvalue weighted by Crippen LogP contribution is -2.22. The highest BCUT2D eigenvalue weighted by atomic mass is 127. The van der Waals surface area contributed by atoms with Gasteiger partial charge in [0.05, 0.1) is 13.0 Å². The van der Waals surface area contributed by atoms with Crippen LogP contribution in [0.2, 0.25) is 0 Å². The zero-order chi connectivity index (χ0) is 13.8. The predicted octanol–water partition coefficient (Wildman–Crippen LogP) is 4.93. The lowest BCUT2D eigenvalue weighted by atomic mass is 10.4. The highest BCUT2D eigenvalue weighted by Gasteiger charge is 2.10. The fourth-order valence-electron chi connectivity index (χ4n) is 1.09. The van der Waals surface area contributed by atoms with Crippen molar-refractivity contribution in [3.8, 4) is 0 Å². The second-order valence-electron chi connectivity index (χ2n) is 3.10. The molecule has 0 saturated heterocycles. The molecule has 0 aromatic rings. The molecule has 0 atom stereocenters. The molecule has 0 aromatic carbocycles. The van der Waals surface area contributed by atoms with E-state index in [0.29, 0.717) is 13.0 Å². The Morgan fingerprint density at radius 2 is 1.78 bits per heavy atom. The van der Waals surface area contributed by atoms with Gasteiger partial charge >= 0.3 is 5.97 Å². The topological polar surface area (TPSA) is 32.8 Å². The summed E-state index contributed by atoms with van der Waals surface area (Å²) in [6.07, 6.45) is 1.56. The first-order chi connectivity index (χ1) is 8.67. The van der Waals surface area contributed by atoms with Gasteiger partial charge in [-0.05, 0) is 22.5 Å². The van der Waals surface area contributed by atoms with Gasteiger partial charge < -0.3 is 4.74 Å². The molecule has 10 heteroatoms. The zero-order valence-corrected chi connectivity index (χ0v) is 18.7. The third kappa shape index (κ3) is 11.3. The summed E-state index contributed by atoms with van der Waals surface area (Å²) >= 11 is 6.83. The van der Waals surface area contributed by atoms with Gasteiger partial charge in [0.25, 0.3) is 0 Å². The number of rotatable bonds is 11. The Morgan fingerprint density at radius 1 is 1.11 bits per heavy atom. The number of carbonyl (C=O) groups is 1. The molecule has 0 aromatic heterocycles. The lowest BCUT2D eigenvalue weighted by molar-refractivity contribution is -0.143. The number of halogens is 3. The van der Waals surface area contributed by atoms with Crippen LogP contribution in [0.15, 0.2) is 0 Å². The van der Waals surface area contributed by atoms with Crippen LogP contribution >= 0.6 is 91.0 Å². The van der Waals surface area contributed by atoms with Crippen LogP contribution < -0.4 is 0 Å². The van der Waals surface area contributed by atoms with Gasteiger partial charge in [-0.15, -0.1) is 0 Å². The Balaban J connectivity index is 3.73. The molecule has 0 amide bonds. The fourth-order valence-corrected chi connectivity index (χ4v) is 8.51. The van der Waals surface area contributed by atoms with Crippen molar-refractivity contribution >= 4 is 96.9 Å². The molecule has 4 nitrogen and oxygen atoms in total. The molecule has 0 radical (unpaired) electrons. The van der Waals surface area contributed by atoms with E-state index in [2.05, 4.69) is 71.6 Å². The van der Waals surface area contributed by atoms with E-state index in [1.165, 1.54) is 0 Å². The van der Waals surface area contributed by atoms with E-state index in [1.807, 2.05) is 6.92 Å². The summed E-state index contributed by atoms with van der Waals surface area (Å²) in [4.78, 5) is 11.3. The molecular formula is C8H15I3N2O2S3. The van der Waals surface area contributed by atoms with Crippen molar-refractivity contribution in [1.82, 2.24) is 8.02 Å². The number of hydrogen-bond acceptors (Lipinski definition) is 7. The maximum atomic E-state index is 11.3. The number of ether oxygens (including phenoxy) is 1. The van der Waals surface area contributed by atoms with Crippen molar-refractivity contribution in [3.63, 3.8) is 0 Å². The van der Waals surface area contributed by atoms with E-state index in [1.54, 1.807) is 27.4 Å². The summed E-state index contributed by atoms with van der Waals surface area (Å²) in [5.74, 6) is -0.111. The van der Waals surface area contributed by atoms with Crippen LogP contribution in [-0.2, 0) is 9.53 Å². The molecular weight excluding hydrogens is 633 g/mol. The van der Waals surface area contributed by atoms with Crippen LogP contribution in [0.4, 0.5) is 0 Å². The minimum absolute atomic E-state index is 0.111. The predicted molar refractivity (Wildman–Crippen MR) is 109 cm³/mol. The van der Waals surface area contributed by atoms with Gasteiger partial charge in [-0.2, -0.15) is 3.71 Å². The van der Waals surface area contributed by atoms with Gasteiger partial charge in [0.2, 0.25) is 0 Å². The van der Waals surface area contributed by atoms with Crippen LogP contribution in [0, 0.1) is 0 Å². The summed E-state index contributed by atoms with van der Waals surface area (Å²) in [6, 6.07) is 0. The van der Waals surface area contributed by atoms with Gasteiger partial charge in [0, 0.05) is 101 Å². The van der Waals surface area contributed by atoms with Gasteiger partial charge in [0.1, 0.15) is 0 Å². The maximum Gasteiger partial charge on any atom is 0.307 e. The zero-order valence-electron chi connectivity index (χ0n) is 9.81. The molecule has 18 heavy (non-hydrogen) atoms. The van der Waals surface area contributed by atoms with Crippen molar-refractivity contribution in [2.24, 2.45) is 0 Å². The molecule has 0 saturated carbocycles. The second kappa shape index (κ2) is 14.6. The quantitative estimate of drug-likeness (QED) is 0.179. The van der Waals surface area contributed by atoms with E-state index in [0.717, 1.165) is 26.1 Å². The first kappa shape index (κ1) is 20.6. The van der Waals surface area contributed by atoms with E-state index >= 15 is 0 Å². The van der Waals surface area contributed by atoms with E-state index < -0.39 is 0 Å². The second-order valence-corrected chi connectivity index (χ2v) is 8.69. The van der Waals surface area contributed by atoms with Gasteiger partial charge in [-0.1, -0.05) is 0 Å². The summed E-state index contributed by atoms with van der Waals surface area (Å²) in [5, 5.41) is 0. The lowest BCUT2D eigenvalue weighted by Gasteiger charge is -2.19. The molecule has 0 bridgehead atoms. The highest BCUT2D eigenvalue weighted by molar-refractivity contribution is 14.2. The average Bonchev–Trinajstić information content (AvgIpc) is 2.38. The standard InChI is InChI=1S/C8H15I3N2O2S3/c1-2-15-8(14)4-7-12(16-9)5-3-6-13(17-10)18-11/h2-7H2,1H3. The van der Waals surface area contributed by atoms with Crippen LogP contribution in [0.1, 0.15) is 19.8 Å². The SMILES string of the molecule is CCOC(=O)CCN(CCCN(SI)SI)SI. The molecule has 0 spiro atoms. The molecule has 0 aliphatic carbocycles. The minimum atomic E-state index is -0.111. The first-order valence-corrected chi connectivity index (χ1v) is 15.2. The number of hydrogen-bond donors (Lipinski definition) is 0. The van der Waals surface area contributed by atoms with E-state index in [-0.39, 0.29) is 5.97 Å². The summed E-state index contributed by atoms with van der Waals surface area (Å²) in [7, 11) is 5.08. The molecule has 0 N–H and O–H groups in total. The normalized spacial score (nSPS) is 11.2. The Bertz CT molecular complexity index is 226. The van der Waals surface area contributed by atoms with E-state index in [9.17, 15) is 4.79 Å². The first-order valence-electron chi connectivity index (χ1n) is 5.22. The van der Waals surface area contributed by atoms with Crippen molar-refractivity contribution in [2.45, 2.75) is 19.8 Å². The molecule has 0 aliphatic rings. The fraction of sp³-hybridized carbons (Fsp3) is 0.875. The third-order valence-corrected chi connectivity index (χ3v) is 9.68. The third-order valence-electron chi connectivity index (χ3n) is 1.87. The smallest absolute Gasteiger partial charge is 0.307 e. The molecule has 0 rings (SSSR count). The molecule has 0 unspecified atom stereocenters. The Kier molecular flexibility index (Phi) is 16.7. The average molecular weight is 648 g/mol. The number of carbonyl (C=O) groups excluding carboxylic acids is 1. The summed E-state index contributed by atoms with van der Waals surface area (Å²) in [5.41, 5.74) is 0. The maximum absolute atomic E-state index is 11.3.